The molecule has 2 aliphatic rings. The standard InChI is InChI=1S/C25H34IN3O8/c1-16(32)29(5-4-28-6-9-36-10-7-28)20-13-18(25(34)27-3-8-30)14-21(23(20)33)37-24-19(26)11-17(15-31)12-22(24)35-2/h11-12,14-15,20-21,23,30,33H,3-10,13H2,1-2H3,(H,27,34)/t20-,21+,23+/m1/s1. The number of hydrogen-bond donors (Lipinski definition) is 3. The first kappa shape index (κ1) is 29.3. The zero-order chi connectivity index (χ0) is 26.9. The normalized spacial score (nSPS) is 22.1. The molecule has 1 aliphatic carbocycles. The van der Waals surface area contributed by atoms with E-state index in [0.29, 0.717) is 58.8 Å². The van der Waals surface area contributed by atoms with E-state index in [9.17, 15) is 19.5 Å². The van der Waals surface area contributed by atoms with Gasteiger partial charge in [0.15, 0.2) is 11.5 Å². The number of halogens is 1. The maximum atomic E-state index is 12.9. The first-order chi connectivity index (χ1) is 17.8. The summed E-state index contributed by atoms with van der Waals surface area (Å²) in [6, 6.07) is 2.43. The summed E-state index contributed by atoms with van der Waals surface area (Å²) in [5.74, 6) is -0.0176. The topological polar surface area (TPSA) is 138 Å². The lowest BCUT2D eigenvalue weighted by Gasteiger charge is -2.41. The maximum Gasteiger partial charge on any atom is 0.247 e. The number of aldehydes is 1. The molecular formula is C25H34IN3O8. The molecule has 0 saturated carbocycles. The Hall–Kier alpha value is -2.26. The average molecular weight is 631 g/mol. The largest absolute Gasteiger partial charge is 0.493 e. The highest BCUT2D eigenvalue weighted by Crippen LogP contribution is 2.36. The van der Waals surface area contributed by atoms with Crippen LogP contribution in [0.4, 0.5) is 0 Å². The van der Waals surface area contributed by atoms with Gasteiger partial charge in [-0.2, -0.15) is 0 Å². The average Bonchev–Trinajstić information content (AvgIpc) is 2.90. The van der Waals surface area contributed by atoms with Crippen molar-refractivity contribution in [2.24, 2.45) is 0 Å². The van der Waals surface area contributed by atoms with Gasteiger partial charge in [-0.1, -0.05) is 0 Å². The van der Waals surface area contributed by atoms with Gasteiger partial charge in [0.2, 0.25) is 11.8 Å². The molecule has 12 heteroatoms. The number of nitrogens with one attached hydrogen (secondary N) is 1. The Morgan fingerprint density at radius 2 is 2.05 bits per heavy atom. The van der Waals surface area contributed by atoms with Crippen molar-refractivity contribution >= 4 is 40.7 Å². The van der Waals surface area contributed by atoms with E-state index >= 15 is 0 Å². The Balaban J connectivity index is 1.90. The SMILES string of the molecule is COc1cc(C=O)cc(I)c1O[C@H]1C=C(C(=O)NCCO)C[C@@H](N(CCN2CCOCC2)C(C)=O)[C@@H]1O. The molecule has 3 atom stereocenters. The fraction of sp³-hybridized carbons (Fsp3) is 0.560. The Kier molecular flexibility index (Phi) is 11.1. The van der Waals surface area contributed by atoms with Gasteiger partial charge in [0.05, 0.1) is 36.5 Å². The maximum absolute atomic E-state index is 12.9. The molecule has 1 aliphatic heterocycles. The number of morpholine rings is 1. The molecule has 1 aromatic rings. The van der Waals surface area contributed by atoms with Crippen LogP contribution in [-0.2, 0) is 14.3 Å². The van der Waals surface area contributed by atoms with Crippen LogP contribution in [0.3, 0.4) is 0 Å². The zero-order valence-corrected chi connectivity index (χ0v) is 23.2. The van der Waals surface area contributed by atoms with Crippen LogP contribution in [0.1, 0.15) is 23.7 Å². The number of benzene rings is 1. The summed E-state index contributed by atoms with van der Waals surface area (Å²) < 4.78 is 17.6. The van der Waals surface area contributed by atoms with Crippen molar-refractivity contribution in [3.8, 4) is 11.5 Å². The Bertz CT molecular complexity index is 998. The molecule has 1 saturated heterocycles. The van der Waals surface area contributed by atoms with Crippen molar-refractivity contribution in [1.29, 1.82) is 0 Å². The zero-order valence-electron chi connectivity index (χ0n) is 21.0. The third kappa shape index (κ3) is 7.63. The van der Waals surface area contributed by atoms with E-state index in [1.54, 1.807) is 11.0 Å². The van der Waals surface area contributed by atoms with E-state index in [4.69, 9.17) is 19.3 Å². The molecule has 3 rings (SSSR count). The third-order valence-corrected chi connectivity index (χ3v) is 7.22. The molecule has 1 aromatic carbocycles. The van der Waals surface area contributed by atoms with Crippen molar-refractivity contribution in [2.75, 3.05) is 59.7 Å². The Morgan fingerprint density at radius 1 is 1.32 bits per heavy atom. The van der Waals surface area contributed by atoms with E-state index in [1.807, 2.05) is 22.6 Å². The van der Waals surface area contributed by atoms with Gasteiger partial charge in [-0.05, 0) is 40.8 Å². The van der Waals surface area contributed by atoms with Crippen molar-refractivity contribution in [2.45, 2.75) is 31.6 Å². The highest BCUT2D eigenvalue weighted by atomic mass is 127. The van der Waals surface area contributed by atoms with Gasteiger partial charge in [-0.25, -0.2) is 0 Å². The smallest absolute Gasteiger partial charge is 0.247 e. The number of ether oxygens (including phenoxy) is 3. The molecule has 204 valence electrons. The molecule has 2 amide bonds. The van der Waals surface area contributed by atoms with Crippen LogP contribution in [0, 0.1) is 3.57 Å². The fourth-order valence-electron chi connectivity index (χ4n) is 4.47. The number of carbonyl (C=O) groups excluding carboxylic acids is 3. The highest BCUT2D eigenvalue weighted by Gasteiger charge is 2.40. The molecule has 0 spiro atoms. The number of aliphatic hydroxyl groups is 2. The Morgan fingerprint density at radius 3 is 2.68 bits per heavy atom. The van der Waals surface area contributed by atoms with Gasteiger partial charge < -0.3 is 34.6 Å². The second-order valence-corrected chi connectivity index (χ2v) is 10.00. The molecule has 0 unspecified atom stereocenters. The van der Waals surface area contributed by atoms with Crippen LogP contribution in [0.15, 0.2) is 23.8 Å². The van der Waals surface area contributed by atoms with Gasteiger partial charge in [0.25, 0.3) is 0 Å². The number of amides is 2. The van der Waals surface area contributed by atoms with Gasteiger partial charge in [0.1, 0.15) is 18.5 Å². The van der Waals surface area contributed by atoms with E-state index in [1.165, 1.54) is 26.2 Å². The van der Waals surface area contributed by atoms with E-state index < -0.39 is 24.2 Å². The molecule has 0 bridgehead atoms. The predicted octanol–water partition coefficient (Wildman–Crippen LogP) is 0.209. The van der Waals surface area contributed by atoms with Crippen LogP contribution < -0.4 is 14.8 Å². The molecule has 1 heterocycles. The molecule has 0 aromatic heterocycles. The third-order valence-electron chi connectivity index (χ3n) is 6.42. The van der Waals surface area contributed by atoms with Crippen LogP contribution >= 0.6 is 22.6 Å². The van der Waals surface area contributed by atoms with E-state index in [2.05, 4.69) is 10.2 Å². The van der Waals surface area contributed by atoms with E-state index in [-0.39, 0.29) is 25.5 Å². The minimum Gasteiger partial charge on any atom is -0.493 e. The number of aliphatic hydroxyl groups excluding tert-OH is 2. The number of hydrogen-bond acceptors (Lipinski definition) is 9. The summed E-state index contributed by atoms with van der Waals surface area (Å²) in [4.78, 5) is 40.6. The van der Waals surface area contributed by atoms with Crippen LogP contribution in [-0.4, -0.2) is 116 Å². The van der Waals surface area contributed by atoms with E-state index in [0.717, 1.165) is 13.1 Å². The van der Waals surface area contributed by atoms with Crippen molar-refractivity contribution in [3.63, 3.8) is 0 Å². The monoisotopic (exact) mass is 631 g/mol. The summed E-state index contributed by atoms with van der Waals surface area (Å²) in [5, 5.41) is 23.2. The number of carbonyl (C=O) groups is 3. The molecule has 37 heavy (non-hydrogen) atoms. The van der Waals surface area contributed by atoms with Gasteiger partial charge in [0, 0.05) is 57.2 Å². The molecule has 1 fully saturated rings. The summed E-state index contributed by atoms with van der Waals surface area (Å²) in [6.45, 7) is 5.03. The highest BCUT2D eigenvalue weighted by molar-refractivity contribution is 14.1. The van der Waals surface area contributed by atoms with Gasteiger partial charge >= 0.3 is 0 Å². The number of nitrogens with zero attached hydrogens (tertiary/aromatic N) is 2. The lowest BCUT2D eigenvalue weighted by atomic mass is 9.88. The lowest BCUT2D eigenvalue weighted by molar-refractivity contribution is -0.136. The number of rotatable bonds is 11. The second-order valence-electron chi connectivity index (χ2n) is 8.83. The summed E-state index contributed by atoms with van der Waals surface area (Å²) >= 11 is 2.01. The van der Waals surface area contributed by atoms with Crippen molar-refractivity contribution in [1.82, 2.24) is 15.1 Å². The van der Waals surface area contributed by atoms with Crippen LogP contribution in [0.2, 0.25) is 0 Å². The lowest BCUT2D eigenvalue weighted by Crippen LogP contribution is -2.56. The molecule has 3 N–H and O–H groups in total. The summed E-state index contributed by atoms with van der Waals surface area (Å²) in [7, 11) is 1.44. The van der Waals surface area contributed by atoms with Crippen molar-refractivity contribution in [3.05, 3.63) is 32.9 Å². The Labute approximate surface area is 229 Å². The first-order valence-corrected chi connectivity index (χ1v) is 13.2. The van der Waals surface area contributed by atoms with Gasteiger partial charge in [-0.3, -0.25) is 19.3 Å². The van der Waals surface area contributed by atoms with Crippen LogP contribution in [0.5, 0.6) is 11.5 Å². The van der Waals surface area contributed by atoms with Gasteiger partial charge in [-0.15, -0.1) is 0 Å². The predicted molar refractivity (Wildman–Crippen MR) is 143 cm³/mol. The van der Waals surface area contributed by atoms with Crippen molar-refractivity contribution < 1.29 is 38.8 Å². The molecular weight excluding hydrogens is 597 g/mol. The fourth-order valence-corrected chi connectivity index (χ4v) is 5.22. The summed E-state index contributed by atoms with van der Waals surface area (Å²) in [6.07, 6.45) is 0.233. The number of methoxy groups -OCH3 is 1. The quantitative estimate of drug-likeness (QED) is 0.231. The minimum absolute atomic E-state index is 0.0707. The molecule has 11 nitrogen and oxygen atoms in total. The molecule has 0 radical (unpaired) electrons. The van der Waals surface area contributed by atoms with Crippen LogP contribution in [0.25, 0.3) is 0 Å². The summed E-state index contributed by atoms with van der Waals surface area (Å²) in [5.41, 5.74) is 0.742. The first-order valence-electron chi connectivity index (χ1n) is 12.1. The minimum atomic E-state index is -1.14. The second kappa shape index (κ2) is 14.0.